The van der Waals surface area contributed by atoms with Crippen molar-refractivity contribution in [1.29, 1.82) is 0 Å². The van der Waals surface area contributed by atoms with Gasteiger partial charge in [0, 0.05) is 37.3 Å². The second-order valence-electron chi connectivity index (χ2n) is 12.9. The van der Waals surface area contributed by atoms with Gasteiger partial charge in [0.1, 0.15) is 0 Å². The number of carbonyl (C=O) groups excluding carboxylic acids is 3. The maximum atomic E-state index is 14.4. The molecule has 0 N–H and O–H groups in total. The van der Waals surface area contributed by atoms with Crippen molar-refractivity contribution in [3.8, 4) is 0 Å². The number of likely N-dealkylation sites (N-methyl/N-ethyl adjacent to an activating group) is 1. The van der Waals surface area contributed by atoms with Gasteiger partial charge in [-0.3, -0.25) is 9.59 Å². The fourth-order valence-corrected chi connectivity index (χ4v) is 5.58. The van der Waals surface area contributed by atoms with Crippen LogP contribution in [0, 0.1) is 0 Å². The van der Waals surface area contributed by atoms with E-state index in [9.17, 15) is 14.4 Å². The molecule has 1 aromatic heterocycles. The Kier molecular flexibility index (Phi) is 10.3. The highest BCUT2D eigenvalue weighted by molar-refractivity contribution is 6.32. The molecular formula is C35H44ClN5O4. The molecule has 9 nitrogen and oxygen atoms in total. The van der Waals surface area contributed by atoms with Gasteiger partial charge in [-0.1, -0.05) is 77.4 Å². The van der Waals surface area contributed by atoms with Crippen LogP contribution in [-0.2, 0) is 15.6 Å². The first-order valence-corrected chi connectivity index (χ1v) is 15.8. The number of halogens is 1. The third kappa shape index (κ3) is 7.20. The van der Waals surface area contributed by atoms with Crippen LogP contribution in [0.15, 0.2) is 48.5 Å². The van der Waals surface area contributed by atoms with E-state index in [2.05, 4.69) is 51.4 Å². The van der Waals surface area contributed by atoms with Crippen LogP contribution in [0.25, 0.3) is 0 Å². The van der Waals surface area contributed by atoms with E-state index in [1.165, 1.54) is 7.11 Å². The number of hydrogen-bond donors (Lipinski definition) is 0. The summed E-state index contributed by atoms with van der Waals surface area (Å²) < 4.78 is 5.01. The van der Waals surface area contributed by atoms with E-state index >= 15 is 0 Å². The third-order valence-corrected chi connectivity index (χ3v) is 9.26. The largest absolute Gasteiger partial charge is 0.464 e. The summed E-state index contributed by atoms with van der Waals surface area (Å²) in [5.74, 6) is -2.10. The molecule has 3 aromatic rings. The van der Waals surface area contributed by atoms with E-state index in [0.717, 1.165) is 42.0 Å². The number of carbonyl (C=O) groups is 3. The second-order valence-corrected chi connectivity index (χ2v) is 13.3. The summed E-state index contributed by atoms with van der Waals surface area (Å²) in [5, 5.41) is -0.0131. The topological polar surface area (TPSA) is 95.9 Å². The number of rotatable bonds is 8. The zero-order valence-electron chi connectivity index (χ0n) is 27.6. The molecule has 45 heavy (non-hydrogen) atoms. The fourth-order valence-electron chi connectivity index (χ4n) is 5.34. The van der Waals surface area contributed by atoms with Crippen LogP contribution in [0.4, 0.5) is 11.6 Å². The number of hydrogen-bond acceptors (Lipinski definition) is 8. The van der Waals surface area contributed by atoms with Crippen molar-refractivity contribution < 1.29 is 19.1 Å². The average Bonchev–Trinajstić information content (AvgIpc) is 3.04. The van der Waals surface area contributed by atoms with Gasteiger partial charge in [-0.25, -0.2) is 19.7 Å². The van der Waals surface area contributed by atoms with Gasteiger partial charge in [0.05, 0.1) is 7.11 Å². The minimum atomic E-state index is -0.866. The molecule has 1 saturated heterocycles. The van der Waals surface area contributed by atoms with Crippen molar-refractivity contribution in [2.45, 2.75) is 65.2 Å². The van der Waals surface area contributed by atoms with Gasteiger partial charge in [0.15, 0.2) is 22.5 Å². The number of benzene rings is 2. The molecule has 4 rings (SSSR count). The van der Waals surface area contributed by atoms with E-state index in [-0.39, 0.29) is 44.4 Å². The van der Waals surface area contributed by atoms with Crippen LogP contribution >= 0.6 is 11.6 Å². The molecule has 0 aliphatic carbocycles. The van der Waals surface area contributed by atoms with Gasteiger partial charge < -0.3 is 14.5 Å². The Morgan fingerprint density at radius 2 is 1.31 bits per heavy atom. The molecule has 1 fully saturated rings. The van der Waals surface area contributed by atoms with Crippen LogP contribution < -0.4 is 9.80 Å². The zero-order valence-corrected chi connectivity index (χ0v) is 28.4. The maximum absolute atomic E-state index is 14.4. The van der Waals surface area contributed by atoms with Crippen molar-refractivity contribution in [2.24, 2.45) is 0 Å². The third-order valence-electron chi connectivity index (χ3n) is 9.00. The molecule has 2 amide bonds. The average molecular weight is 634 g/mol. The number of ether oxygens (including phenoxy) is 1. The Labute approximate surface area is 271 Å². The van der Waals surface area contributed by atoms with Crippen molar-refractivity contribution in [3.05, 3.63) is 81.6 Å². The molecule has 0 unspecified atom stereocenters. The van der Waals surface area contributed by atoms with Crippen LogP contribution in [0.1, 0.15) is 96.7 Å². The minimum absolute atomic E-state index is 0.0131. The summed E-state index contributed by atoms with van der Waals surface area (Å²) in [6.07, 6.45) is 1.87. The van der Waals surface area contributed by atoms with Gasteiger partial charge in [0.25, 0.3) is 11.8 Å². The molecule has 0 bridgehead atoms. The van der Waals surface area contributed by atoms with E-state index in [4.69, 9.17) is 21.3 Å². The number of esters is 1. The number of anilines is 2. The van der Waals surface area contributed by atoms with Crippen LogP contribution in [0.2, 0.25) is 5.15 Å². The number of amides is 2. The fraction of sp³-hybridized carbons (Fsp3) is 0.457. The summed E-state index contributed by atoms with van der Waals surface area (Å²) in [6.45, 7) is 15.4. The molecule has 0 saturated carbocycles. The predicted molar refractivity (Wildman–Crippen MR) is 179 cm³/mol. The molecule has 10 heteroatoms. The maximum Gasteiger partial charge on any atom is 0.360 e. The van der Waals surface area contributed by atoms with Crippen molar-refractivity contribution >= 4 is 41.0 Å². The molecule has 240 valence electrons. The minimum Gasteiger partial charge on any atom is -0.464 e. The van der Waals surface area contributed by atoms with E-state index < -0.39 is 17.8 Å². The van der Waals surface area contributed by atoms with Crippen molar-refractivity contribution in [3.63, 3.8) is 0 Å². The normalized spacial score (nSPS) is 14.3. The Hall–Kier alpha value is -3.82. The molecule has 0 spiro atoms. The first kappa shape index (κ1) is 34.1. The van der Waals surface area contributed by atoms with Gasteiger partial charge in [0.2, 0.25) is 0 Å². The van der Waals surface area contributed by atoms with Gasteiger partial charge in [-0.15, -0.1) is 0 Å². The van der Waals surface area contributed by atoms with Gasteiger partial charge >= 0.3 is 5.97 Å². The van der Waals surface area contributed by atoms with Gasteiger partial charge in [-0.05, 0) is 66.1 Å². The Bertz CT molecular complexity index is 1540. The SMILES string of the molecule is CCC(C)(CC)c1ccc(C(=O)N(C(=O)c2ccc(C(C)(C)C)cc2)c2nc(N3CCN(C)CC3)c(Cl)nc2C(=O)OC)cc1. The number of piperazine rings is 1. The molecular weight excluding hydrogens is 590 g/mol. The lowest BCUT2D eigenvalue weighted by molar-refractivity contribution is 0.0594. The molecule has 2 heterocycles. The summed E-state index contributed by atoms with van der Waals surface area (Å²) in [4.78, 5) is 55.9. The highest BCUT2D eigenvalue weighted by Crippen LogP contribution is 2.33. The van der Waals surface area contributed by atoms with Crippen LogP contribution in [0.5, 0.6) is 0 Å². The molecule has 1 aliphatic heterocycles. The van der Waals surface area contributed by atoms with Crippen LogP contribution in [-0.4, -0.2) is 73.0 Å². The second kappa shape index (κ2) is 13.7. The zero-order chi connectivity index (χ0) is 33.1. The number of methoxy groups -OCH3 is 1. The Morgan fingerprint density at radius 3 is 1.76 bits per heavy atom. The molecule has 0 atom stereocenters. The molecule has 0 radical (unpaired) electrons. The summed E-state index contributed by atoms with van der Waals surface area (Å²) in [5.41, 5.74) is 2.13. The summed E-state index contributed by atoms with van der Waals surface area (Å²) in [6, 6.07) is 14.4. The van der Waals surface area contributed by atoms with Crippen molar-refractivity contribution in [2.75, 3.05) is 50.1 Å². The van der Waals surface area contributed by atoms with Crippen LogP contribution in [0.3, 0.4) is 0 Å². The Morgan fingerprint density at radius 1 is 0.822 bits per heavy atom. The van der Waals surface area contributed by atoms with Gasteiger partial charge in [-0.2, -0.15) is 0 Å². The quantitative estimate of drug-likeness (QED) is 0.204. The lowest BCUT2D eigenvalue weighted by atomic mass is 9.78. The van der Waals surface area contributed by atoms with E-state index in [0.29, 0.717) is 13.1 Å². The lowest BCUT2D eigenvalue weighted by Crippen LogP contribution is -2.45. The van der Waals surface area contributed by atoms with E-state index in [1.807, 2.05) is 36.2 Å². The summed E-state index contributed by atoms with van der Waals surface area (Å²) >= 11 is 6.59. The molecule has 2 aromatic carbocycles. The first-order valence-electron chi connectivity index (χ1n) is 15.4. The lowest BCUT2D eigenvalue weighted by Gasteiger charge is -2.34. The summed E-state index contributed by atoms with van der Waals surface area (Å²) in [7, 11) is 3.22. The molecule has 1 aliphatic rings. The number of nitrogens with zero attached hydrogens (tertiary/aromatic N) is 5. The monoisotopic (exact) mass is 633 g/mol. The Balaban J connectivity index is 1.89. The first-order chi connectivity index (χ1) is 21.2. The van der Waals surface area contributed by atoms with E-state index in [1.54, 1.807) is 24.3 Å². The smallest absolute Gasteiger partial charge is 0.360 e. The van der Waals surface area contributed by atoms with Crippen molar-refractivity contribution in [1.82, 2.24) is 14.9 Å². The highest BCUT2D eigenvalue weighted by atomic mass is 35.5. The predicted octanol–water partition coefficient (Wildman–Crippen LogP) is 6.53. The number of imide groups is 1. The highest BCUT2D eigenvalue weighted by Gasteiger charge is 2.35. The number of aromatic nitrogens is 2. The standard InChI is InChI=1S/C35H44ClN5O4/c1-9-35(6,10-2)26-17-13-24(14-18-26)32(43)41(31(42)23-11-15-25(16-12-23)34(3,4)5)29-27(33(44)45-8)37-28(36)30(38-29)40-21-19-39(7)20-22-40/h11-18H,9-10,19-22H2,1-8H3.